The van der Waals surface area contributed by atoms with Crippen LogP contribution < -0.4 is 10.6 Å². The Bertz CT molecular complexity index is 578. The zero-order valence-corrected chi connectivity index (χ0v) is 18.0. The Morgan fingerprint density at radius 2 is 2.07 bits per heavy atom. The van der Waals surface area contributed by atoms with E-state index in [-0.39, 0.29) is 0 Å². The highest BCUT2D eigenvalue weighted by molar-refractivity contribution is 5.80. The average Bonchev–Trinajstić information content (AvgIpc) is 3.38. The molecule has 0 aromatic carbocycles. The van der Waals surface area contributed by atoms with E-state index in [1.54, 1.807) is 6.26 Å². The van der Waals surface area contributed by atoms with E-state index in [0.29, 0.717) is 18.1 Å². The van der Waals surface area contributed by atoms with Crippen LogP contribution in [-0.4, -0.2) is 73.2 Å². The lowest BCUT2D eigenvalue weighted by atomic mass is 10.0. The van der Waals surface area contributed by atoms with Crippen LogP contribution in [0.4, 0.5) is 0 Å². The van der Waals surface area contributed by atoms with Crippen LogP contribution in [0, 0.1) is 0 Å². The van der Waals surface area contributed by atoms with Crippen molar-refractivity contribution in [2.75, 3.05) is 39.3 Å². The number of furan rings is 1. The van der Waals surface area contributed by atoms with Gasteiger partial charge in [0.1, 0.15) is 5.76 Å². The van der Waals surface area contributed by atoms with Crippen molar-refractivity contribution in [3.8, 4) is 0 Å². The van der Waals surface area contributed by atoms with Crippen LogP contribution in [0.1, 0.15) is 52.2 Å². The molecule has 2 fully saturated rings. The lowest BCUT2D eigenvalue weighted by Crippen LogP contribution is -2.50. The van der Waals surface area contributed by atoms with Gasteiger partial charge in [-0.05, 0) is 64.8 Å². The normalized spacial score (nSPS) is 22.9. The van der Waals surface area contributed by atoms with Gasteiger partial charge < -0.3 is 20.0 Å². The van der Waals surface area contributed by atoms with Gasteiger partial charge in [0.15, 0.2) is 5.96 Å². The number of nitrogens with zero attached hydrogens (tertiary/aromatic N) is 3. The summed E-state index contributed by atoms with van der Waals surface area (Å²) in [5, 5.41) is 7.26. The molecule has 0 radical (unpaired) electrons. The molecule has 1 unspecified atom stereocenters. The molecule has 0 spiro atoms. The van der Waals surface area contributed by atoms with Crippen LogP contribution in [0.25, 0.3) is 0 Å². The monoisotopic (exact) mass is 389 g/mol. The van der Waals surface area contributed by atoms with Gasteiger partial charge in [-0.3, -0.25) is 9.89 Å². The fraction of sp³-hybridized carbons (Fsp3) is 0.773. The summed E-state index contributed by atoms with van der Waals surface area (Å²) in [6.07, 6.45) is 7.55. The summed E-state index contributed by atoms with van der Waals surface area (Å²) in [6.45, 7) is 13.2. The predicted octanol–water partition coefficient (Wildman–Crippen LogP) is 2.71. The summed E-state index contributed by atoms with van der Waals surface area (Å²) in [7, 11) is 0. The topological polar surface area (TPSA) is 56.0 Å². The van der Waals surface area contributed by atoms with Crippen LogP contribution in [0.5, 0.6) is 0 Å². The summed E-state index contributed by atoms with van der Waals surface area (Å²) in [5.41, 5.74) is 0. The highest BCUT2D eigenvalue weighted by atomic mass is 16.3. The quantitative estimate of drug-likeness (QED) is 0.529. The largest absolute Gasteiger partial charge is 0.469 e. The highest BCUT2D eigenvalue weighted by Crippen LogP contribution is 2.17. The number of nitrogens with one attached hydrogen (secondary N) is 2. The molecular formula is C22H39N5O. The molecule has 28 heavy (non-hydrogen) atoms. The second-order valence-corrected chi connectivity index (χ2v) is 8.42. The third-order valence-corrected chi connectivity index (χ3v) is 6.21. The van der Waals surface area contributed by atoms with Crippen molar-refractivity contribution in [2.45, 2.75) is 71.0 Å². The van der Waals surface area contributed by atoms with E-state index in [2.05, 4.69) is 41.2 Å². The molecule has 158 valence electrons. The molecule has 1 atom stereocenters. The Kier molecular flexibility index (Phi) is 8.22. The summed E-state index contributed by atoms with van der Waals surface area (Å²) in [5.74, 6) is 1.99. The van der Waals surface area contributed by atoms with Gasteiger partial charge in [0.05, 0.1) is 12.8 Å². The molecule has 0 bridgehead atoms. The summed E-state index contributed by atoms with van der Waals surface area (Å²) < 4.78 is 5.46. The SMILES string of the molecule is CCN1CCCC1CN=C(NCCc1ccco1)NC1CCN(C(C)C)CC1. The number of likely N-dealkylation sites (N-methyl/N-ethyl adjacent to an activating group) is 1. The first-order valence-corrected chi connectivity index (χ1v) is 11.2. The molecule has 0 aliphatic carbocycles. The van der Waals surface area contributed by atoms with Crippen LogP contribution in [-0.2, 0) is 6.42 Å². The molecule has 0 amide bonds. The fourth-order valence-electron chi connectivity index (χ4n) is 4.38. The standard InChI is InChI=1S/C22H39N5O/c1-4-26-13-5-7-20(26)17-24-22(23-12-9-21-8-6-16-28-21)25-19-10-14-27(15-11-19)18(2)3/h6,8,16,18-20H,4-5,7,9-15,17H2,1-3H3,(H2,23,24,25). The Balaban J connectivity index is 1.53. The van der Waals surface area contributed by atoms with Gasteiger partial charge in [0.25, 0.3) is 0 Å². The first kappa shape index (κ1) is 21.2. The maximum atomic E-state index is 5.46. The van der Waals surface area contributed by atoms with Crippen molar-refractivity contribution in [3.63, 3.8) is 0 Å². The van der Waals surface area contributed by atoms with Crippen molar-refractivity contribution in [2.24, 2.45) is 4.99 Å². The first-order chi connectivity index (χ1) is 13.7. The van der Waals surface area contributed by atoms with Gasteiger partial charge in [-0.1, -0.05) is 6.92 Å². The molecule has 3 rings (SSSR count). The molecular weight excluding hydrogens is 350 g/mol. The number of aliphatic imine (C=N–C) groups is 1. The van der Waals surface area contributed by atoms with Crippen molar-refractivity contribution in [3.05, 3.63) is 24.2 Å². The maximum Gasteiger partial charge on any atom is 0.191 e. The number of guanidine groups is 1. The van der Waals surface area contributed by atoms with Gasteiger partial charge in [-0.2, -0.15) is 0 Å². The maximum absolute atomic E-state index is 5.46. The van der Waals surface area contributed by atoms with Crippen molar-refractivity contribution >= 4 is 5.96 Å². The Labute approximate surface area is 170 Å². The Hall–Kier alpha value is -1.53. The van der Waals surface area contributed by atoms with Crippen LogP contribution in [0.15, 0.2) is 27.8 Å². The molecule has 2 saturated heterocycles. The zero-order valence-electron chi connectivity index (χ0n) is 18.0. The van der Waals surface area contributed by atoms with Gasteiger partial charge in [-0.25, -0.2) is 0 Å². The molecule has 3 heterocycles. The van der Waals surface area contributed by atoms with Crippen LogP contribution >= 0.6 is 0 Å². The number of rotatable bonds is 8. The van der Waals surface area contributed by atoms with Crippen LogP contribution in [0.3, 0.4) is 0 Å². The van der Waals surface area contributed by atoms with Gasteiger partial charge >= 0.3 is 0 Å². The number of likely N-dealkylation sites (tertiary alicyclic amines) is 2. The van der Waals surface area contributed by atoms with E-state index in [4.69, 9.17) is 9.41 Å². The first-order valence-electron chi connectivity index (χ1n) is 11.2. The van der Waals surface area contributed by atoms with Gasteiger partial charge in [0.2, 0.25) is 0 Å². The lowest BCUT2D eigenvalue weighted by Gasteiger charge is -2.35. The molecule has 6 heteroatoms. The summed E-state index contributed by atoms with van der Waals surface area (Å²) >= 11 is 0. The smallest absolute Gasteiger partial charge is 0.191 e. The van der Waals surface area contributed by atoms with E-state index < -0.39 is 0 Å². The third-order valence-electron chi connectivity index (χ3n) is 6.21. The van der Waals surface area contributed by atoms with Gasteiger partial charge in [-0.15, -0.1) is 0 Å². The lowest BCUT2D eigenvalue weighted by molar-refractivity contribution is 0.167. The van der Waals surface area contributed by atoms with Crippen LogP contribution in [0.2, 0.25) is 0 Å². The molecule has 2 N–H and O–H groups in total. The second-order valence-electron chi connectivity index (χ2n) is 8.42. The number of hydrogen-bond donors (Lipinski definition) is 2. The van der Waals surface area contributed by atoms with Crippen molar-refractivity contribution in [1.82, 2.24) is 20.4 Å². The van der Waals surface area contributed by atoms with Crippen molar-refractivity contribution < 1.29 is 4.42 Å². The van der Waals surface area contributed by atoms with E-state index in [1.807, 2.05) is 12.1 Å². The Morgan fingerprint density at radius 3 is 2.75 bits per heavy atom. The second kappa shape index (κ2) is 10.9. The minimum atomic E-state index is 0.510. The minimum absolute atomic E-state index is 0.510. The molecule has 2 aliphatic heterocycles. The highest BCUT2D eigenvalue weighted by Gasteiger charge is 2.24. The van der Waals surface area contributed by atoms with E-state index >= 15 is 0 Å². The van der Waals surface area contributed by atoms with Gasteiger partial charge in [0, 0.05) is 44.2 Å². The van der Waals surface area contributed by atoms with E-state index in [0.717, 1.165) is 37.8 Å². The molecule has 2 aliphatic rings. The average molecular weight is 390 g/mol. The summed E-state index contributed by atoms with van der Waals surface area (Å²) in [4.78, 5) is 10.1. The molecule has 1 aromatic heterocycles. The summed E-state index contributed by atoms with van der Waals surface area (Å²) in [6, 6.07) is 5.73. The van der Waals surface area contributed by atoms with Crippen molar-refractivity contribution in [1.29, 1.82) is 0 Å². The zero-order chi connectivity index (χ0) is 19.8. The number of piperidine rings is 1. The van der Waals surface area contributed by atoms with E-state index in [1.165, 1.54) is 45.3 Å². The third kappa shape index (κ3) is 6.24. The molecule has 6 nitrogen and oxygen atoms in total. The minimum Gasteiger partial charge on any atom is -0.469 e. The fourth-order valence-corrected chi connectivity index (χ4v) is 4.38. The van der Waals surface area contributed by atoms with E-state index in [9.17, 15) is 0 Å². The number of hydrogen-bond acceptors (Lipinski definition) is 4. The molecule has 0 saturated carbocycles. The molecule has 1 aromatic rings. The Morgan fingerprint density at radius 1 is 1.25 bits per heavy atom. The predicted molar refractivity (Wildman–Crippen MR) is 116 cm³/mol.